The lowest BCUT2D eigenvalue weighted by molar-refractivity contribution is -0.113. The maximum Gasteiger partial charge on any atom is 0.232 e. The number of amides is 1. The van der Waals surface area contributed by atoms with E-state index in [2.05, 4.69) is 5.32 Å². The number of rotatable bonds is 5. The van der Waals surface area contributed by atoms with Crippen molar-refractivity contribution < 1.29 is 13.8 Å². The van der Waals surface area contributed by atoms with Gasteiger partial charge >= 0.3 is 0 Å². The van der Waals surface area contributed by atoms with Gasteiger partial charge in [-0.2, -0.15) is 0 Å². The number of halogens is 1. The van der Waals surface area contributed by atoms with E-state index in [1.807, 2.05) is 36.4 Å². The average Bonchev–Trinajstić information content (AvgIpc) is 2.65. The highest BCUT2D eigenvalue weighted by atomic mass is 31.2. The molecule has 0 fully saturated rings. The normalized spacial score (nSPS) is 11.1. The molecule has 0 saturated heterocycles. The van der Waals surface area contributed by atoms with Crippen LogP contribution in [0.15, 0.2) is 84.9 Å². The predicted octanol–water partition coefficient (Wildman–Crippen LogP) is 3.78. The zero-order chi connectivity index (χ0) is 17.7. The zero-order valence-corrected chi connectivity index (χ0v) is 14.3. The Morgan fingerprint density at radius 2 is 1.28 bits per heavy atom. The lowest BCUT2D eigenvalue weighted by Crippen LogP contribution is -2.26. The topological polar surface area (TPSA) is 46.2 Å². The van der Waals surface area contributed by atoms with E-state index in [4.69, 9.17) is 0 Å². The second-order valence-corrected chi connectivity index (χ2v) is 8.45. The third-order valence-electron chi connectivity index (χ3n) is 3.84. The summed E-state index contributed by atoms with van der Waals surface area (Å²) in [6.07, 6.45) is -0.154. The van der Waals surface area contributed by atoms with Crippen molar-refractivity contribution in [1.82, 2.24) is 0 Å². The molecule has 0 aliphatic carbocycles. The summed E-state index contributed by atoms with van der Waals surface area (Å²) in [5.41, 5.74) is 0.471. The highest BCUT2D eigenvalue weighted by molar-refractivity contribution is 7.79. The monoisotopic (exact) mass is 353 g/mol. The molecule has 3 rings (SSSR count). The molecule has 0 atom stereocenters. The lowest BCUT2D eigenvalue weighted by atomic mass is 10.3. The van der Waals surface area contributed by atoms with Gasteiger partial charge in [0.05, 0.1) is 6.16 Å². The predicted molar refractivity (Wildman–Crippen MR) is 99.7 cm³/mol. The number of hydrogen-bond acceptors (Lipinski definition) is 2. The van der Waals surface area contributed by atoms with Crippen LogP contribution in [0.2, 0.25) is 0 Å². The maximum absolute atomic E-state index is 13.8. The molecule has 3 nitrogen and oxygen atoms in total. The van der Waals surface area contributed by atoms with E-state index in [1.54, 1.807) is 24.3 Å². The molecule has 0 aliphatic heterocycles. The number of carbonyl (C=O) groups excluding carboxylic acids is 1. The molecule has 25 heavy (non-hydrogen) atoms. The van der Waals surface area contributed by atoms with Gasteiger partial charge in [-0.05, 0) is 24.3 Å². The van der Waals surface area contributed by atoms with E-state index in [-0.39, 0.29) is 17.9 Å². The molecule has 1 amide bonds. The Morgan fingerprint density at radius 3 is 1.76 bits per heavy atom. The Balaban J connectivity index is 1.89. The Bertz CT molecular complexity index is 852. The summed E-state index contributed by atoms with van der Waals surface area (Å²) in [7, 11) is -3.11. The van der Waals surface area contributed by atoms with Crippen molar-refractivity contribution in [3.05, 3.63) is 90.7 Å². The molecule has 1 N–H and O–H groups in total. The van der Waals surface area contributed by atoms with Crippen LogP contribution in [0.25, 0.3) is 0 Å². The fraction of sp³-hybridized carbons (Fsp3) is 0.0500. The van der Waals surface area contributed by atoms with Crippen LogP contribution < -0.4 is 15.9 Å². The van der Waals surface area contributed by atoms with Crippen molar-refractivity contribution in [2.75, 3.05) is 11.5 Å². The second kappa shape index (κ2) is 7.45. The summed E-state index contributed by atoms with van der Waals surface area (Å²) in [4.78, 5) is 12.5. The number of anilines is 1. The first-order chi connectivity index (χ1) is 12.1. The second-order valence-electron chi connectivity index (χ2n) is 5.62. The molecule has 126 valence electrons. The van der Waals surface area contributed by atoms with Crippen LogP contribution in [0.4, 0.5) is 10.1 Å². The van der Waals surface area contributed by atoms with Gasteiger partial charge < -0.3 is 9.88 Å². The standard InChI is InChI=1S/C20H17FNO2P/c21-16-11-13-17(14-12-16)22-20(23)15-25(24,18-7-3-1-4-8-18)19-9-5-2-6-10-19/h1-14H,15H2,(H,22,23). The maximum atomic E-state index is 13.8. The number of carbonyl (C=O) groups is 1. The van der Waals surface area contributed by atoms with Gasteiger partial charge in [0.25, 0.3) is 0 Å². The van der Waals surface area contributed by atoms with Crippen LogP contribution in [-0.4, -0.2) is 12.1 Å². The molecular weight excluding hydrogens is 336 g/mol. The fourth-order valence-corrected chi connectivity index (χ4v) is 5.06. The molecule has 0 unspecified atom stereocenters. The highest BCUT2D eigenvalue weighted by Crippen LogP contribution is 2.43. The van der Waals surface area contributed by atoms with Gasteiger partial charge in [-0.1, -0.05) is 60.7 Å². The summed E-state index contributed by atoms with van der Waals surface area (Å²) >= 11 is 0. The molecule has 3 aromatic rings. The zero-order valence-electron chi connectivity index (χ0n) is 13.4. The smallest absolute Gasteiger partial charge is 0.232 e. The van der Waals surface area contributed by atoms with E-state index in [9.17, 15) is 13.8 Å². The average molecular weight is 353 g/mol. The minimum atomic E-state index is -3.11. The van der Waals surface area contributed by atoms with E-state index < -0.39 is 7.14 Å². The van der Waals surface area contributed by atoms with Crippen molar-refractivity contribution in [3.63, 3.8) is 0 Å². The molecule has 3 aromatic carbocycles. The molecule has 0 saturated carbocycles. The van der Waals surface area contributed by atoms with E-state index in [0.29, 0.717) is 16.3 Å². The van der Waals surface area contributed by atoms with Gasteiger partial charge in [-0.15, -0.1) is 0 Å². The third-order valence-corrected chi connectivity index (χ3v) is 6.84. The van der Waals surface area contributed by atoms with Gasteiger partial charge in [-0.3, -0.25) is 4.79 Å². The minimum absolute atomic E-state index is 0.154. The molecule has 0 radical (unpaired) electrons. The van der Waals surface area contributed by atoms with Crippen LogP contribution in [0.3, 0.4) is 0 Å². The first-order valence-electron chi connectivity index (χ1n) is 7.84. The first kappa shape index (κ1) is 17.1. The molecule has 0 aliphatic rings. The first-order valence-corrected chi connectivity index (χ1v) is 9.73. The van der Waals surface area contributed by atoms with Gasteiger partial charge in [0.2, 0.25) is 5.91 Å². The molecular formula is C20H17FNO2P. The third kappa shape index (κ3) is 4.04. The van der Waals surface area contributed by atoms with Crippen molar-refractivity contribution in [1.29, 1.82) is 0 Å². The number of benzene rings is 3. The van der Waals surface area contributed by atoms with Crippen molar-refractivity contribution >= 4 is 29.3 Å². The van der Waals surface area contributed by atoms with E-state index in [0.717, 1.165) is 0 Å². The molecule has 0 bridgehead atoms. The molecule has 5 heteroatoms. The van der Waals surface area contributed by atoms with Crippen LogP contribution >= 0.6 is 7.14 Å². The van der Waals surface area contributed by atoms with E-state index >= 15 is 0 Å². The molecule has 0 spiro atoms. The largest absolute Gasteiger partial charge is 0.326 e. The SMILES string of the molecule is O=C(CP(=O)(c1ccccc1)c1ccccc1)Nc1ccc(F)cc1. The number of hydrogen-bond donors (Lipinski definition) is 1. The summed E-state index contributed by atoms with van der Waals surface area (Å²) < 4.78 is 26.7. The van der Waals surface area contributed by atoms with Gasteiger partial charge in [-0.25, -0.2) is 4.39 Å². The van der Waals surface area contributed by atoms with E-state index in [1.165, 1.54) is 24.3 Å². The van der Waals surface area contributed by atoms with Crippen LogP contribution in [-0.2, 0) is 9.36 Å². The van der Waals surface area contributed by atoms with Crippen molar-refractivity contribution in [3.8, 4) is 0 Å². The fourth-order valence-electron chi connectivity index (χ4n) is 2.61. The van der Waals surface area contributed by atoms with Crippen molar-refractivity contribution in [2.45, 2.75) is 0 Å². The Morgan fingerprint density at radius 1 is 0.800 bits per heavy atom. The quantitative estimate of drug-likeness (QED) is 0.710. The Kier molecular flexibility index (Phi) is 5.11. The van der Waals surface area contributed by atoms with Gasteiger partial charge in [0, 0.05) is 16.3 Å². The van der Waals surface area contributed by atoms with Crippen molar-refractivity contribution in [2.24, 2.45) is 0 Å². The summed E-state index contributed by atoms with van der Waals surface area (Å²) in [6, 6.07) is 23.5. The Labute approximate surface area is 145 Å². The summed E-state index contributed by atoms with van der Waals surface area (Å²) in [6.45, 7) is 0. The number of nitrogens with one attached hydrogen (secondary N) is 1. The minimum Gasteiger partial charge on any atom is -0.326 e. The van der Waals surface area contributed by atoms with Crippen LogP contribution in [0, 0.1) is 5.82 Å². The summed E-state index contributed by atoms with van der Waals surface area (Å²) in [5.74, 6) is -0.750. The lowest BCUT2D eigenvalue weighted by Gasteiger charge is -2.19. The van der Waals surface area contributed by atoms with Gasteiger partial charge in [0.15, 0.2) is 7.14 Å². The highest BCUT2D eigenvalue weighted by Gasteiger charge is 2.30. The molecule has 0 aromatic heterocycles. The Hall–Kier alpha value is -2.71. The van der Waals surface area contributed by atoms with Crippen LogP contribution in [0.1, 0.15) is 0 Å². The van der Waals surface area contributed by atoms with Gasteiger partial charge in [0.1, 0.15) is 5.82 Å². The van der Waals surface area contributed by atoms with Crippen LogP contribution in [0.5, 0.6) is 0 Å². The summed E-state index contributed by atoms with van der Waals surface area (Å²) in [5, 5.41) is 3.96. The molecule has 0 heterocycles.